The van der Waals surface area contributed by atoms with E-state index in [1.807, 2.05) is 18.2 Å². The lowest BCUT2D eigenvalue weighted by Gasteiger charge is -2.18. The second-order valence-electron chi connectivity index (χ2n) is 7.21. The van der Waals surface area contributed by atoms with Crippen molar-refractivity contribution in [3.8, 4) is 5.75 Å². The summed E-state index contributed by atoms with van der Waals surface area (Å²) in [4.78, 5) is 26.9. The van der Waals surface area contributed by atoms with Gasteiger partial charge in [-0.1, -0.05) is 29.8 Å². The summed E-state index contributed by atoms with van der Waals surface area (Å²) in [6.45, 7) is 3.04. The Kier molecular flexibility index (Phi) is 5.28. The van der Waals surface area contributed by atoms with E-state index in [4.69, 9.17) is 16.3 Å². The first kappa shape index (κ1) is 18.2. The average Bonchev–Trinajstić information content (AvgIpc) is 3.15. The molecule has 0 bridgehead atoms. The highest BCUT2D eigenvalue weighted by molar-refractivity contribution is 6.31. The minimum atomic E-state index is 0.0491. The van der Waals surface area contributed by atoms with Crippen LogP contribution in [0.4, 0.5) is 0 Å². The number of ether oxygens (including phenoxy) is 1. The molecule has 4 nitrogen and oxygen atoms in total. The van der Waals surface area contributed by atoms with Gasteiger partial charge in [-0.15, -0.1) is 0 Å². The topological polar surface area (TPSA) is 46.6 Å². The maximum atomic E-state index is 12.6. The van der Waals surface area contributed by atoms with Gasteiger partial charge in [-0.25, -0.2) is 0 Å². The van der Waals surface area contributed by atoms with Gasteiger partial charge in [0.25, 0.3) is 0 Å². The second-order valence-corrected chi connectivity index (χ2v) is 7.62. The number of hydrogen-bond donors (Lipinski definition) is 0. The summed E-state index contributed by atoms with van der Waals surface area (Å²) in [5.41, 5.74) is 2.32. The van der Waals surface area contributed by atoms with Gasteiger partial charge in [0.15, 0.2) is 11.6 Å². The van der Waals surface area contributed by atoms with Crippen LogP contribution in [0.5, 0.6) is 5.75 Å². The van der Waals surface area contributed by atoms with Gasteiger partial charge in [-0.3, -0.25) is 9.59 Å². The monoisotopic (exact) mass is 383 g/mol. The Labute approximate surface area is 164 Å². The molecule has 0 aromatic heterocycles. The third kappa shape index (κ3) is 3.92. The minimum absolute atomic E-state index is 0.0491. The molecule has 1 saturated heterocycles. The Hall–Kier alpha value is -2.17. The summed E-state index contributed by atoms with van der Waals surface area (Å²) in [7, 11) is 0. The first-order valence-electron chi connectivity index (χ1n) is 9.42. The van der Waals surface area contributed by atoms with Gasteiger partial charge >= 0.3 is 0 Å². The fourth-order valence-electron chi connectivity index (χ4n) is 3.94. The molecule has 1 unspecified atom stereocenters. The molecule has 0 radical (unpaired) electrons. The number of hydrogen-bond acceptors (Lipinski definition) is 4. The Bertz CT molecular complexity index is 880. The van der Waals surface area contributed by atoms with Crippen LogP contribution in [-0.2, 0) is 0 Å². The van der Waals surface area contributed by atoms with Gasteiger partial charge in [-0.2, -0.15) is 0 Å². The van der Waals surface area contributed by atoms with Gasteiger partial charge in [0.05, 0.1) is 12.2 Å². The minimum Gasteiger partial charge on any atom is -0.492 e. The molecule has 2 aromatic carbocycles. The fourth-order valence-corrected chi connectivity index (χ4v) is 4.23. The SMILES string of the molecule is O=C(CCN1CCC(c2ccccc2Cl)C1)c1ccc2c(c1)C(=O)CCO2. The largest absolute Gasteiger partial charge is 0.492 e. The standard InChI is InChI=1S/C22H22ClNO3/c23-19-4-2-1-3-17(19)16-7-10-24(14-16)11-8-20(25)15-5-6-22-18(13-15)21(26)9-12-27-22/h1-6,13,16H,7-12,14H2. The third-order valence-electron chi connectivity index (χ3n) is 5.46. The molecule has 2 heterocycles. The maximum absolute atomic E-state index is 12.6. The molecule has 0 aliphatic carbocycles. The molecule has 0 N–H and O–H groups in total. The van der Waals surface area contributed by atoms with Gasteiger partial charge < -0.3 is 9.64 Å². The van der Waals surface area contributed by atoms with Crippen molar-refractivity contribution in [3.63, 3.8) is 0 Å². The van der Waals surface area contributed by atoms with Crippen LogP contribution in [0.3, 0.4) is 0 Å². The molecule has 2 aromatic rings. The summed E-state index contributed by atoms with van der Waals surface area (Å²) < 4.78 is 5.48. The van der Waals surface area contributed by atoms with E-state index in [1.165, 1.54) is 5.56 Å². The maximum Gasteiger partial charge on any atom is 0.170 e. The van der Waals surface area contributed by atoms with Gasteiger partial charge in [0.1, 0.15) is 5.75 Å². The van der Waals surface area contributed by atoms with Crippen LogP contribution in [0.1, 0.15) is 51.5 Å². The molecule has 140 valence electrons. The van der Waals surface area contributed by atoms with E-state index in [0.717, 1.165) is 31.1 Å². The number of fused-ring (bicyclic) bond motifs is 1. The number of nitrogens with zero attached hydrogens (tertiary/aromatic N) is 1. The van der Waals surface area contributed by atoms with E-state index in [-0.39, 0.29) is 11.6 Å². The van der Waals surface area contributed by atoms with E-state index in [2.05, 4.69) is 11.0 Å². The lowest BCUT2D eigenvalue weighted by molar-refractivity contribution is 0.0933. The zero-order chi connectivity index (χ0) is 18.8. The molecule has 0 saturated carbocycles. The van der Waals surface area contributed by atoms with Gasteiger partial charge in [0.2, 0.25) is 0 Å². The number of halogens is 1. The number of carbonyl (C=O) groups is 2. The summed E-state index contributed by atoms with van der Waals surface area (Å²) in [6, 6.07) is 13.2. The van der Waals surface area contributed by atoms with Crippen LogP contribution in [0.25, 0.3) is 0 Å². The zero-order valence-electron chi connectivity index (χ0n) is 15.1. The molecule has 4 rings (SSSR count). The van der Waals surface area contributed by atoms with Crippen LogP contribution in [0.2, 0.25) is 5.02 Å². The van der Waals surface area contributed by atoms with Crippen LogP contribution in [0.15, 0.2) is 42.5 Å². The van der Waals surface area contributed by atoms with E-state index in [1.54, 1.807) is 18.2 Å². The Morgan fingerprint density at radius 2 is 2.07 bits per heavy atom. The lowest BCUT2D eigenvalue weighted by Crippen LogP contribution is -2.24. The van der Waals surface area contributed by atoms with Crippen molar-refractivity contribution >= 4 is 23.2 Å². The molecular formula is C22H22ClNO3. The van der Waals surface area contributed by atoms with E-state index in [0.29, 0.717) is 42.2 Å². The molecule has 2 aliphatic heterocycles. The molecule has 5 heteroatoms. The molecule has 27 heavy (non-hydrogen) atoms. The summed E-state index contributed by atoms with van der Waals surface area (Å²) >= 11 is 6.32. The van der Waals surface area contributed by atoms with Crippen molar-refractivity contribution in [3.05, 3.63) is 64.2 Å². The van der Waals surface area contributed by atoms with Crippen LogP contribution in [0, 0.1) is 0 Å². The van der Waals surface area contributed by atoms with Crippen molar-refractivity contribution in [2.24, 2.45) is 0 Å². The molecule has 0 amide bonds. The first-order valence-corrected chi connectivity index (χ1v) is 9.79. The number of likely N-dealkylation sites (tertiary alicyclic amines) is 1. The van der Waals surface area contributed by atoms with Gasteiger partial charge in [-0.05, 0) is 48.7 Å². The quantitative estimate of drug-likeness (QED) is 0.719. The number of carbonyl (C=O) groups excluding carboxylic acids is 2. The van der Waals surface area contributed by atoms with Crippen LogP contribution in [-0.4, -0.2) is 42.7 Å². The lowest BCUT2D eigenvalue weighted by atomic mass is 9.98. The Morgan fingerprint density at radius 1 is 1.22 bits per heavy atom. The Balaban J connectivity index is 1.36. The molecule has 0 spiro atoms. The molecule has 2 aliphatic rings. The summed E-state index contributed by atoms with van der Waals surface area (Å²) in [5.74, 6) is 1.13. The predicted octanol–water partition coefficient (Wildman–Crippen LogP) is 4.37. The third-order valence-corrected chi connectivity index (χ3v) is 5.81. The van der Waals surface area contributed by atoms with E-state index >= 15 is 0 Å². The Morgan fingerprint density at radius 3 is 2.93 bits per heavy atom. The number of ketones is 2. The van der Waals surface area contributed by atoms with Gasteiger partial charge in [0, 0.05) is 36.5 Å². The molecular weight excluding hydrogens is 362 g/mol. The van der Waals surface area contributed by atoms with Crippen molar-refractivity contribution in [2.45, 2.75) is 25.2 Å². The van der Waals surface area contributed by atoms with Crippen LogP contribution < -0.4 is 4.74 Å². The zero-order valence-corrected chi connectivity index (χ0v) is 15.9. The highest BCUT2D eigenvalue weighted by Crippen LogP contribution is 2.32. The fraction of sp³-hybridized carbons (Fsp3) is 0.364. The average molecular weight is 384 g/mol. The summed E-state index contributed by atoms with van der Waals surface area (Å²) in [6.07, 6.45) is 1.88. The second kappa shape index (κ2) is 7.83. The summed E-state index contributed by atoms with van der Waals surface area (Å²) in [5, 5.41) is 0.821. The number of Topliss-reactive ketones (excluding diaryl/α,β-unsaturated/α-hetero) is 2. The van der Waals surface area contributed by atoms with Crippen molar-refractivity contribution in [1.29, 1.82) is 0 Å². The van der Waals surface area contributed by atoms with Crippen molar-refractivity contribution in [1.82, 2.24) is 4.90 Å². The van der Waals surface area contributed by atoms with Crippen LogP contribution >= 0.6 is 11.6 Å². The first-order chi connectivity index (χ1) is 13.1. The number of rotatable bonds is 5. The molecule has 1 fully saturated rings. The molecule has 1 atom stereocenters. The van der Waals surface area contributed by atoms with Crippen molar-refractivity contribution in [2.75, 3.05) is 26.2 Å². The predicted molar refractivity (Wildman–Crippen MR) is 105 cm³/mol. The number of benzene rings is 2. The highest BCUT2D eigenvalue weighted by atomic mass is 35.5. The smallest absolute Gasteiger partial charge is 0.170 e. The van der Waals surface area contributed by atoms with Crippen molar-refractivity contribution < 1.29 is 14.3 Å². The highest BCUT2D eigenvalue weighted by Gasteiger charge is 2.26. The normalized spacial score (nSPS) is 19.6. The van der Waals surface area contributed by atoms with E-state index < -0.39 is 0 Å². The van der Waals surface area contributed by atoms with E-state index in [9.17, 15) is 9.59 Å².